The number of benzene rings is 4. The van der Waals surface area contributed by atoms with Gasteiger partial charge in [0.1, 0.15) is 17.6 Å². The second-order valence-electron chi connectivity index (χ2n) is 8.00. The van der Waals surface area contributed by atoms with Crippen LogP contribution in [0.4, 0.5) is 4.39 Å². The van der Waals surface area contributed by atoms with E-state index in [1.165, 1.54) is 12.1 Å². The number of rotatable bonds is 8. The van der Waals surface area contributed by atoms with Gasteiger partial charge in [-0.25, -0.2) is 9.18 Å². The molecule has 1 atom stereocenters. The van der Waals surface area contributed by atoms with Gasteiger partial charge in [0.25, 0.3) is 0 Å². The molecule has 4 rings (SSSR count). The highest BCUT2D eigenvalue weighted by atomic mass is 35.5. The number of amides is 1. The highest BCUT2D eigenvalue weighted by Gasteiger charge is 2.29. The molecule has 0 saturated carbocycles. The van der Waals surface area contributed by atoms with Gasteiger partial charge in [-0.3, -0.25) is 4.79 Å². The first-order valence-electron chi connectivity index (χ1n) is 11.1. The molecule has 1 amide bonds. The van der Waals surface area contributed by atoms with Crippen LogP contribution in [0.15, 0.2) is 109 Å². The van der Waals surface area contributed by atoms with Gasteiger partial charge < -0.3 is 10.1 Å². The summed E-state index contributed by atoms with van der Waals surface area (Å²) < 4.78 is 19.0. The van der Waals surface area contributed by atoms with Crippen LogP contribution in [0.3, 0.4) is 0 Å². The Morgan fingerprint density at radius 1 is 0.800 bits per heavy atom. The molecule has 0 radical (unpaired) electrons. The number of hydrogen-bond acceptors (Lipinski definition) is 3. The summed E-state index contributed by atoms with van der Waals surface area (Å²) in [6.07, 6.45) is 0.219. The van der Waals surface area contributed by atoms with E-state index < -0.39 is 23.7 Å². The predicted octanol–water partition coefficient (Wildman–Crippen LogP) is 5.94. The highest BCUT2D eigenvalue weighted by Crippen LogP contribution is 2.26. The summed E-state index contributed by atoms with van der Waals surface area (Å²) in [6, 6.07) is 30.8. The third-order valence-corrected chi connectivity index (χ3v) is 5.81. The molecule has 0 unspecified atom stereocenters. The molecule has 0 aliphatic heterocycles. The molecule has 6 heteroatoms. The number of esters is 1. The fraction of sp³-hybridized carbons (Fsp3) is 0.103. The molecular weight excluding hydrogens is 465 g/mol. The molecule has 0 saturated heterocycles. The van der Waals surface area contributed by atoms with Gasteiger partial charge in [-0.2, -0.15) is 0 Å². The van der Waals surface area contributed by atoms with Gasteiger partial charge in [-0.15, -0.1) is 0 Å². The van der Waals surface area contributed by atoms with Gasteiger partial charge in [0.2, 0.25) is 5.91 Å². The Bertz CT molecular complexity index is 1240. The average molecular weight is 488 g/mol. The minimum absolute atomic E-state index is 0.0939. The van der Waals surface area contributed by atoms with E-state index in [-0.39, 0.29) is 23.1 Å². The standard InChI is InChI=1S/C29H23ClFNO3/c30-24-19-23(16-17-25(24)31)35-29(34)26(18-20-10-4-1-5-11-20)32-28(33)27(21-12-6-2-7-13-21)22-14-8-3-9-15-22/h1-17,19,26-27H,18H2,(H,32,33)/t26-/m0/s1. The van der Waals surface area contributed by atoms with Gasteiger partial charge in [0, 0.05) is 12.5 Å². The summed E-state index contributed by atoms with van der Waals surface area (Å²) in [5.74, 6) is -2.16. The van der Waals surface area contributed by atoms with Crippen molar-refractivity contribution in [1.29, 1.82) is 0 Å². The number of halogens is 2. The minimum Gasteiger partial charge on any atom is -0.425 e. The summed E-state index contributed by atoms with van der Waals surface area (Å²) in [5, 5.41) is 2.73. The lowest BCUT2D eigenvalue weighted by Gasteiger charge is -2.23. The first kappa shape index (κ1) is 24.2. The monoisotopic (exact) mass is 487 g/mol. The zero-order valence-electron chi connectivity index (χ0n) is 18.7. The summed E-state index contributed by atoms with van der Waals surface area (Å²) in [6.45, 7) is 0. The Labute approximate surface area is 208 Å². The number of ether oxygens (including phenoxy) is 1. The zero-order chi connectivity index (χ0) is 24.6. The second-order valence-corrected chi connectivity index (χ2v) is 8.41. The molecule has 35 heavy (non-hydrogen) atoms. The molecule has 4 aromatic carbocycles. The Balaban J connectivity index is 1.62. The molecule has 4 nitrogen and oxygen atoms in total. The third kappa shape index (κ3) is 6.34. The predicted molar refractivity (Wildman–Crippen MR) is 134 cm³/mol. The Kier molecular flexibility index (Phi) is 7.91. The molecule has 0 aromatic heterocycles. The largest absolute Gasteiger partial charge is 0.425 e. The van der Waals surface area contributed by atoms with Crippen LogP contribution in [0.25, 0.3) is 0 Å². The van der Waals surface area contributed by atoms with Gasteiger partial charge in [-0.05, 0) is 28.8 Å². The van der Waals surface area contributed by atoms with E-state index in [2.05, 4.69) is 5.32 Å². The zero-order valence-corrected chi connectivity index (χ0v) is 19.5. The van der Waals surface area contributed by atoms with Crippen LogP contribution in [0, 0.1) is 5.82 Å². The highest BCUT2D eigenvalue weighted by molar-refractivity contribution is 6.30. The molecule has 0 aliphatic rings. The number of carbonyl (C=O) groups excluding carboxylic acids is 2. The average Bonchev–Trinajstić information content (AvgIpc) is 2.88. The topological polar surface area (TPSA) is 55.4 Å². The van der Waals surface area contributed by atoms with Crippen LogP contribution < -0.4 is 10.1 Å². The molecule has 0 aliphatic carbocycles. The van der Waals surface area contributed by atoms with E-state index in [4.69, 9.17) is 16.3 Å². The quantitative estimate of drug-likeness (QED) is 0.247. The molecule has 176 valence electrons. The van der Waals surface area contributed by atoms with Crippen LogP contribution in [0.1, 0.15) is 22.6 Å². The van der Waals surface area contributed by atoms with Crippen molar-refractivity contribution < 1.29 is 18.7 Å². The lowest BCUT2D eigenvalue weighted by molar-refractivity contribution is -0.139. The first-order valence-corrected chi connectivity index (χ1v) is 11.5. The van der Waals surface area contributed by atoms with Crippen LogP contribution in [-0.2, 0) is 16.0 Å². The molecule has 0 heterocycles. The number of nitrogens with one attached hydrogen (secondary N) is 1. The maximum atomic E-state index is 13.6. The minimum atomic E-state index is -0.983. The molecule has 0 fully saturated rings. The van der Waals surface area contributed by atoms with Crippen molar-refractivity contribution in [3.8, 4) is 5.75 Å². The van der Waals surface area contributed by atoms with E-state index in [9.17, 15) is 14.0 Å². The van der Waals surface area contributed by atoms with E-state index in [1.54, 1.807) is 0 Å². The third-order valence-electron chi connectivity index (χ3n) is 5.52. The molecule has 1 N–H and O–H groups in total. The second kappa shape index (κ2) is 11.4. The molecule has 4 aromatic rings. The van der Waals surface area contributed by atoms with Crippen molar-refractivity contribution in [2.75, 3.05) is 0 Å². The summed E-state index contributed by atoms with van der Waals surface area (Å²) in [5.41, 5.74) is 2.45. The van der Waals surface area contributed by atoms with Gasteiger partial charge in [-0.1, -0.05) is 103 Å². The van der Waals surface area contributed by atoms with E-state index in [1.807, 2.05) is 91.0 Å². The number of carbonyl (C=O) groups is 2. The maximum Gasteiger partial charge on any atom is 0.334 e. The van der Waals surface area contributed by atoms with E-state index in [0.29, 0.717) is 0 Å². The maximum absolute atomic E-state index is 13.6. The SMILES string of the molecule is O=C(N[C@@H](Cc1ccccc1)C(=O)Oc1ccc(F)c(Cl)c1)C(c1ccccc1)c1ccccc1. The Morgan fingerprint density at radius 2 is 1.34 bits per heavy atom. The lowest BCUT2D eigenvalue weighted by atomic mass is 9.90. The van der Waals surface area contributed by atoms with Gasteiger partial charge in [0.15, 0.2) is 0 Å². The van der Waals surface area contributed by atoms with Gasteiger partial charge >= 0.3 is 5.97 Å². The van der Waals surface area contributed by atoms with Crippen LogP contribution in [0.2, 0.25) is 5.02 Å². The van der Waals surface area contributed by atoms with Crippen molar-refractivity contribution >= 4 is 23.5 Å². The van der Waals surface area contributed by atoms with Gasteiger partial charge in [0.05, 0.1) is 10.9 Å². The van der Waals surface area contributed by atoms with Crippen molar-refractivity contribution in [3.05, 3.63) is 137 Å². The van der Waals surface area contributed by atoms with Crippen molar-refractivity contribution in [3.63, 3.8) is 0 Å². The van der Waals surface area contributed by atoms with Crippen molar-refractivity contribution in [2.24, 2.45) is 0 Å². The van der Waals surface area contributed by atoms with E-state index >= 15 is 0 Å². The van der Waals surface area contributed by atoms with E-state index in [0.717, 1.165) is 22.8 Å². The van der Waals surface area contributed by atoms with Crippen molar-refractivity contribution in [1.82, 2.24) is 5.32 Å². The fourth-order valence-electron chi connectivity index (χ4n) is 3.81. The first-order chi connectivity index (χ1) is 17.0. The molecular formula is C29H23ClFNO3. The van der Waals surface area contributed by atoms with Crippen molar-refractivity contribution in [2.45, 2.75) is 18.4 Å². The molecule has 0 bridgehead atoms. The Hall–Kier alpha value is -3.96. The summed E-state index contributed by atoms with van der Waals surface area (Å²) >= 11 is 5.83. The smallest absolute Gasteiger partial charge is 0.334 e. The number of hydrogen-bond donors (Lipinski definition) is 1. The molecule has 0 spiro atoms. The summed E-state index contributed by atoms with van der Waals surface area (Å²) in [7, 11) is 0. The summed E-state index contributed by atoms with van der Waals surface area (Å²) in [4.78, 5) is 26.8. The van der Waals surface area contributed by atoms with Crippen LogP contribution in [-0.4, -0.2) is 17.9 Å². The van der Waals surface area contributed by atoms with Crippen LogP contribution in [0.5, 0.6) is 5.75 Å². The van der Waals surface area contributed by atoms with Crippen LogP contribution >= 0.6 is 11.6 Å². The normalized spacial score (nSPS) is 11.6. The fourth-order valence-corrected chi connectivity index (χ4v) is 3.98. The Morgan fingerprint density at radius 3 is 1.89 bits per heavy atom. The lowest BCUT2D eigenvalue weighted by Crippen LogP contribution is -2.46.